The molecule has 2 atom stereocenters. The fourth-order valence-electron chi connectivity index (χ4n) is 2.08. The lowest BCUT2D eigenvalue weighted by Gasteiger charge is -2.29. The van der Waals surface area contributed by atoms with E-state index in [-0.39, 0.29) is 23.6 Å². The molecule has 82 valence electrons. The van der Waals surface area contributed by atoms with E-state index in [0.29, 0.717) is 0 Å². The Morgan fingerprint density at radius 3 is 2.73 bits per heavy atom. The second-order valence-electron chi connectivity index (χ2n) is 4.08. The van der Waals surface area contributed by atoms with Gasteiger partial charge in [0.25, 0.3) is 0 Å². The molecule has 1 aliphatic rings. The second kappa shape index (κ2) is 3.72. The Kier molecular flexibility index (Phi) is 2.54. The van der Waals surface area contributed by atoms with Crippen LogP contribution in [-0.4, -0.2) is 22.8 Å². The van der Waals surface area contributed by atoms with Crippen LogP contribution in [0.25, 0.3) is 0 Å². The number of nitrogens with two attached hydrogens (primary N) is 1. The van der Waals surface area contributed by atoms with Crippen LogP contribution < -0.4 is 11.1 Å². The quantitative estimate of drug-likeness (QED) is 0.510. The maximum absolute atomic E-state index is 9.46. The van der Waals surface area contributed by atoms with Crippen molar-refractivity contribution in [2.45, 2.75) is 25.4 Å². The maximum atomic E-state index is 9.46. The van der Waals surface area contributed by atoms with Crippen LogP contribution in [0.3, 0.4) is 0 Å². The first kappa shape index (κ1) is 10.3. The molecule has 0 saturated carbocycles. The third kappa shape index (κ3) is 1.78. The van der Waals surface area contributed by atoms with E-state index in [1.165, 1.54) is 0 Å². The molecule has 0 fully saturated rings. The number of hydrogen-bond acceptors (Lipinski definition) is 4. The van der Waals surface area contributed by atoms with Crippen LogP contribution in [0, 0.1) is 0 Å². The van der Waals surface area contributed by atoms with E-state index in [0.717, 1.165) is 24.1 Å². The largest absolute Gasteiger partial charge is 0.504 e. The van der Waals surface area contributed by atoms with Crippen LogP contribution in [-0.2, 0) is 6.42 Å². The van der Waals surface area contributed by atoms with Crippen molar-refractivity contribution < 1.29 is 10.2 Å². The minimum Gasteiger partial charge on any atom is -0.504 e. The molecule has 2 rings (SSSR count). The van der Waals surface area contributed by atoms with Crippen molar-refractivity contribution in [2.75, 3.05) is 6.54 Å². The van der Waals surface area contributed by atoms with E-state index in [1.807, 2.05) is 6.92 Å². The summed E-state index contributed by atoms with van der Waals surface area (Å²) in [6.07, 6.45) is 0.854. The van der Waals surface area contributed by atoms with Crippen molar-refractivity contribution >= 4 is 0 Å². The van der Waals surface area contributed by atoms with Gasteiger partial charge in [0.2, 0.25) is 0 Å². The average molecular weight is 208 g/mol. The smallest absolute Gasteiger partial charge is 0.157 e. The summed E-state index contributed by atoms with van der Waals surface area (Å²) in [7, 11) is 0. The monoisotopic (exact) mass is 208 g/mol. The average Bonchev–Trinajstić information content (AvgIpc) is 2.18. The zero-order valence-electron chi connectivity index (χ0n) is 8.70. The molecule has 0 saturated heterocycles. The topological polar surface area (TPSA) is 78.5 Å². The van der Waals surface area contributed by atoms with Gasteiger partial charge in [0, 0.05) is 12.1 Å². The fraction of sp³-hybridized carbons (Fsp3) is 0.455. The van der Waals surface area contributed by atoms with E-state index in [4.69, 9.17) is 5.73 Å². The minimum absolute atomic E-state index is 0.0204. The van der Waals surface area contributed by atoms with Crippen LogP contribution in [0.5, 0.6) is 11.5 Å². The highest BCUT2D eigenvalue weighted by Gasteiger charge is 2.24. The van der Waals surface area contributed by atoms with Gasteiger partial charge in [0.1, 0.15) is 0 Å². The van der Waals surface area contributed by atoms with E-state index < -0.39 is 0 Å². The van der Waals surface area contributed by atoms with Gasteiger partial charge in [0.05, 0.1) is 0 Å². The molecule has 0 aliphatic carbocycles. The first-order valence-corrected chi connectivity index (χ1v) is 5.13. The van der Waals surface area contributed by atoms with Crippen molar-refractivity contribution in [3.05, 3.63) is 23.3 Å². The van der Waals surface area contributed by atoms with E-state index in [1.54, 1.807) is 12.1 Å². The number of rotatable bonds is 1. The lowest BCUT2D eigenvalue weighted by Crippen LogP contribution is -2.40. The summed E-state index contributed by atoms with van der Waals surface area (Å²) < 4.78 is 0. The third-order valence-corrected chi connectivity index (χ3v) is 2.86. The van der Waals surface area contributed by atoms with Crippen molar-refractivity contribution in [3.8, 4) is 11.5 Å². The molecule has 15 heavy (non-hydrogen) atoms. The normalized spacial score (nSPS) is 22.1. The van der Waals surface area contributed by atoms with E-state index in [9.17, 15) is 10.2 Å². The molecular formula is C11H16N2O2. The van der Waals surface area contributed by atoms with Gasteiger partial charge < -0.3 is 21.3 Å². The van der Waals surface area contributed by atoms with Gasteiger partial charge in [-0.25, -0.2) is 0 Å². The van der Waals surface area contributed by atoms with Gasteiger partial charge in [-0.15, -0.1) is 0 Å². The molecule has 1 aromatic carbocycles. The van der Waals surface area contributed by atoms with Crippen molar-refractivity contribution in [1.29, 1.82) is 0 Å². The Hall–Kier alpha value is -1.26. The predicted octanol–water partition coefficient (Wildman–Crippen LogP) is 0.632. The molecule has 0 spiro atoms. The van der Waals surface area contributed by atoms with Crippen LogP contribution in [0.1, 0.15) is 24.1 Å². The SMILES string of the molecule is CC(N)C1NCCc2cc(O)c(O)cc21. The summed E-state index contributed by atoms with van der Waals surface area (Å²) in [5.74, 6) is -0.137. The molecule has 1 aliphatic heterocycles. The van der Waals surface area contributed by atoms with Gasteiger partial charge >= 0.3 is 0 Å². The molecule has 0 bridgehead atoms. The van der Waals surface area contributed by atoms with Gasteiger partial charge in [-0.2, -0.15) is 0 Å². The van der Waals surface area contributed by atoms with Crippen LogP contribution in [0.4, 0.5) is 0 Å². The van der Waals surface area contributed by atoms with Gasteiger partial charge in [0.15, 0.2) is 11.5 Å². The molecule has 0 aromatic heterocycles. The number of hydrogen-bond donors (Lipinski definition) is 4. The molecule has 1 heterocycles. The molecule has 4 heteroatoms. The van der Waals surface area contributed by atoms with Gasteiger partial charge in [-0.05, 0) is 43.1 Å². The first-order valence-electron chi connectivity index (χ1n) is 5.13. The van der Waals surface area contributed by atoms with E-state index in [2.05, 4.69) is 5.32 Å². The summed E-state index contributed by atoms with van der Waals surface area (Å²) in [6.45, 7) is 2.78. The van der Waals surface area contributed by atoms with Gasteiger partial charge in [-0.1, -0.05) is 0 Å². The van der Waals surface area contributed by atoms with Crippen LogP contribution >= 0.6 is 0 Å². The standard InChI is InChI=1S/C11H16N2O2/c1-6(12)11-8-5-10(15)9(14)4-7(8)2-3-13-11/h4-6,11,13-15H,2-3,12H2,1H3. The first-order chi connectivity index (χ1) is 7.09. The molecule has 2 unspecified atom stereocenters. The minimum atomic E-state index is -0.0805. The van der Waals surface area contributed by atoms with Crippen LogP contribution in [0.2, 0.25) is 0 Å². The molecule has 5 N–H and O–H groups in total. The summed E-state index contributed by atoms with van der Waals surface area (Å²) in [5.41, 5.74) is 7.92. The third-order valence-electron chi connectivity index (χ3n) is 2.86. The summed E-state index contributed by atoms with van der Waals surface area (Å²) in [4.78, 5) is 0. The molecule has 1 aromatic rings. The highest BCUT2D eigenvalue weighted by Crippen LogP contribution is 2.34. The number of nitrogens with one attached hydrogen (secondary N) is 1. The number of phenolic OH excluding ortho intramolecular Hbond substituents is 2. The molecule has 4 nitrogen and oxygen atoms in total. The molecule has 0 radical (unpaired) electrons. The van der Waals surface area contributed by atoms with Crippen molar-refractivity contribution in [1.82, 2.24) is 5.32 Å². The Balaban J connectivity index is 2.47. The molecular weight excluding hydrogens is 192 g/mol. The number of aromatic hydroxyl groups is 2. The maximum Gasteiger partial charge on any atom is 0.157 e. The lowest BCUT2D eigenvalue weighted by atomic mass is 9.90. The summed E-state index contributed by atoms with van der Waals surface area (Å²) in [5, 5.41) is 22.2. The van der Waals surface area contributed by atoms with Crippen LogP contribution in [0.15, 0.2) is 12.1 Å². The zero-order valence-corrected chi connectivity index (χ0v) is 8.70. The zero-order chi connectivity index (χ0) is 11.0. The fourth-order valence-corrected chi connectivity index (χ4v) is 2.08. The Morgan fingerprint density at radius 1 is 1.40 bits per heavy atom. The Morgan fingerprint density at radius 2 is 2.07 bits per heavy atom. The molecule has 0 amide bonds. The van der Waals surface area contributed by atoms with Crippen molar-refractivity contribution in [2.24, 2.45) is 5.73 Å². The lowest BCUT2D eigenvalue weighted by molar-refractivity contribution is 0.394. The van der Waals surface area contributed by atoms with Gasteiger partial charge in [-0.3, -0.25) is 0 Å². The summed E-state index contributed by atoms with van der Waals surface area (Å²) in [6, 6.07) is 3.26. The second-order valence-corrected chi connectivity index (χ2v) is 4.08. The number of fused-ring (bicyclic) bond motifs is 1. The van der Waals surface area contributed by atoms with E-state index >= 15 is 0 Å². The predicted molar refractivity (Wildman–Crippen MR) is 57.9 cm³/mol. The number of benzene rings is 1. The van der Waals surface area contributed by atoms with Crippen molar-refractivity contribution in [3.63, 3.8) is 0 Å². The highest BCUT2D eigenvalue weighted by molar-refractivity contribution is 5.48. The highest BCUT2D eigenvalue weighted by atomic mass is 16.3. The Bertz CT molecular complexity index is 377. The Labute approximate surface area is 88.7 Å². The summed E-state index contributed by atoms with van der Waals surface area (Å²) >= 11 is 0. The number of phenols is 2.